The summed E-state index contributed by atoms with van der Waals surface area (Å²) in [6.07, 6.45) is 5.16. The molecule has 2 nitrogen and oxygen atoms in total. The van der Waals surface area contributed by atoms with Gasteiger partial charge in [0.25, 0.3) is 0 Å². The lowest BCUT2D eigenvalue weighted by molar-refractivity contribution is 0.299. The Morgan fingerprint density at radius 3 is 2.94 bits per heavy atom. The van der Waals surface area contributed by atoms with Gasteiger partial charge in [-0.05, 0) is 30.9 Å². The second kappa shape index (κ2) is 4.93. The number of para-hydroxylation sites is 1. The van der Waals surface area contributed by atoms with Gasteiger partial charge in [0.1, 0.15) is 5.75 Å². The Morgan fingerprint density at radius 1 is 1.33 bits per heavy atom. The van der Waals surface area contributed by atoms with Gasteiger partial charge in [0.05, 0.1) is 6.61 Å². The lowest BCUT2D eigenvalue weighted by atomic mass is 9.85. The summed E-state index contributed by atoms with van der Waals surface area (Å²) in [5, 5.41) is 3.54. The Kier molecular flexibility index (Phi) is 3.29. The zero-order valence-electron chi connectivity index (χ0n) is 11.4. The third-order valence-corrected chi connectivity index (χ3v) is 4.75. The van der Waals surface area contributed by atoms with Gasteiger partial charge < -0.3 is 10.1 Å². The highest BCUT2D eigenvalue weighted by Crippen LogP contribution is 2.44. The van der Waals surface area contributed by atoms with Crippen molar-refractivity contribution in [3.8, 4) is 5.75 Å². The average molecular weight is 245 g/mol. The van der Waals surface area contributed by atoms with Gasteiger partial charge in [-0.2, -0.15) is 0 Å². The molecule has 1 aliphatic carbocycles. The summed E-state index contributed by atoms with van der Waals surface area (Å²) >= 11 is 0. The van der Waals surface area contributed by atoms with E-state index in [4.69, 9.17) is 4.74 Å². The number of nitrogens with one attached hydrogen (secondary N) is 1. The first-order chi connectivity index (χ1) is 8.81. The second-order valence-electron chi connectivity index (χ2n) is 5.77. The predicted molar refractivity (Wildman–Crippen MR) is 73.9 cm³/mol. The fourth-order valence-electron chi connectivity index (χ4n) is 3.76. The molecule has 0 spiro atoms. The van der Waals surface area contributed by atoms with Gasteiger partial charge >= 0.3 is 0 Å². The van der Waals surface area contributed by atoms with E-state index in [1.54, 1.807) is 0 Å². The van der Waals surface area contributed by atoms with Crippen LogP contribution in [0.15, 0.2) is 18.2 Å². The maximum atomic E-state index is 5.87. The van der Waals surface area contributed by atoms with Crippen molar-refractivity contribution in [3.05, 3.63) is 29.3 Å². The third kappa shape index (κ3) is 1.93. The monoisotopic (exact) mass is 245 g/mol. The summed E-state index contributed by atoms with van der Waals surface area (Å²) in [6, 6.07) is 7.09. The van der Waals surface area contributed by atoms with Crippen molar-refractivity contribution in [2.45, 2.75) is 38.6 Å². The maximum absolute atomic E-state index is 5.87. The predicted octanol–water partition coefficient (Wildman–Crippen LogP) is 3.32. The molecule has 0 bridgehead atoms. The molecular weight excluding hydrogens is 222 g/mol. The molecule has 3 atom stereocenters. The molecule has 3 rings (SSSR count). The van der Waals surface area contributed by atoms with E-state index in [1.807, 2.05) is 0 Å². The van der Waals surface area contributed by atoms with Crippen LogP contribution in [0.5, 0.6) is 5.75 Å². The van der Waals surface area contributed by atoms with Crippen molar-refractivity contribution in [2.75, 3.05) is 13.7 Å². The van der Waals surface area contributed by atoms with E-state index in [0.29, 0.717) is 6.04 Å². The van der Waals surface area contributed by atoms with Crippen LogP contribution in [-0.2, 0) is 6.42 Å². The van der Waals surface area contributed by atoms with Crippen LogP contribution >= 0.6 is 0 Å². The molecule has 1 aromatic rings. The molecule has 3 unspecified atom stereocenters. The molecule has 1 aliphatic heterocycles. The average Bonchev–Trinajstić information content (AvgIpc) is 3.00. The summed E-state index contributed by atoms with van der Waals surface area (Å²) < 4.78 is 5.87. The number of fused-ring (bicyclic) bond motifs is 1. The van der Waals surface area contributed by atoms with Gasteiger partial charge in [-0.15, -0.1) is 0 Å². The number of ether oxygens (including phenoxy) is 1. The Labute approximate surface area is 110 Å². The summed E-state index contributed by atoms with van der Waals surface area (Å²) in [7, 11) is 2.09. The minimum atomic E-state index is 0.454. The van der Waals surface area contributed by atoms with Crippen molar-refractivity contribution in [2.24, 2.45) is 11.8 Å². The molecular formula is C16H23NO. The van der Waals surface area contributed by atoms with Crippen LogP contribution in [0.4, 0.5) is 0 Å². The molecule has 2 aliphatic rings. The Balaban J connectivity index is 1.94. The van der Waals surface area contributed by atoms with Crippen molar-refractivity contribution < 1.29 is 4.74 Å². The molecule has 1 saturated carbocycles. The SMILES string of the molecule is CNC(c1cccc2c1OCC2)C1CCCC1C. The van der Waals surface area contributed by atoms with Gasteiger partial charge in [0.15, 0.2) is 0 Å². The van der Waals surface area contributed by atoms with Crippen LogP contribution in [0.1, 0.15) is 43.4 Å². The normalized spacial score (nSPS) is 27.9. The van der Waals surface area contributed by atoms with Crippen LogP contribution in [0.2, 0.25) is 0 Å². The molecule has 0 saturated heterocycles. The number of benzene rings is 1. The van der Waals surface area contributed by atoms with Gasteiger partial charge in [0, 0.05) is 18.0 Å². The molecule has 1 heterocycles. The largest absolute Gasteiger partial charge is 0.493 e. The van der Waals surface area contributed by atoms with Crippen molar-refractivity contribution in [1.82, 2.24) is 5.32 Å². The van der Waals surface area contributed by atoms with E-state index in [0.717, 1.165) is 30.6 Å². The lowest BCUT2D eigenvalue weighted by Crippen LogP contribution is -2.27. The molecule has 18 heavy (non-hydrogen) atoms. The first kappa shape index (κ1) is 12.0. The summed E-state index contributed by atoms with van der Waals surface area (Å²) in [5.74, 6) is 2.74. The smallest absolute Gasteiger partial charge is 0.127 e. The summed E-state index contributed by atoms with van der Waals surface area (Å²) in [6.45, 7) is 3.25. The molecule has 1 aromatic carbocycles. The Morgan fingerprint density at radius 2 is 2.22 bits per heavy atom. The molecule has 1 fully saturated rings. The highest BCUT2D eigenvalue weighted by molar-refractivity contribution is 5.46. The molecule has 0 amide bonds. The fraction of sp³-hybridized carbons (Fsp3) is 0.625. The second-order valence-corrected chi connectivity index (χ2v) is 5.77. The van der Waals surface area contributed by atoms with E-state index in [1.165, 1.54) is 30.4 Å². The van der Waals surface area contributed by atoms with Crippen LogP contribution in [0.3, 0.4) is 0 Å². The van der Waals surface area contributed by atoms with E-state index < -0.39 is 0 Å². The van der Waals surface area contributed by atoms with Crippen LogP contribution in [0, 0.1) is 11.8 Å². The molecule has 2 heteroatoms. The van der Waals surface area contributed by atoms with Crippen molar-refractivity contribution in [3.63, 3.8) is 0 Å². The fourth-order valence-corrected chi connectivity index (χ4v) is 3.76. The van der Waals surface area contributed by atoms with Crippen LogP contribution < -0.4 is 10.1 Å². The minimum Gasteiger partial charge on any atom is -0.493 e. The van der Waals surface area contributed by atoms with Crippen LogP contribution in [-0.4, -0.2) is 13.7 Å². The van der Waals surface area contributed by atoms with Gasteiger partial charge in [-0.3, -0.25) is 0 Å². The molecule has 1 N–H and O–H groups in total. The zero-order valence-corrected chi connectivity index (χ0v) is 11.4. The van der Waals surface area contributed by atoms with E-state index in [-0.39, 0.29) is 0 Å². The summed E-state index contributed by atoms with van der Waals surface area (Å²) in [4.78, 5) is 0. The number of hydrogen-bond donors (Lipinski definition) is 1. The van der Waals surface area contributed by atoms with Crippen molar-refractivity contribution in [1.29, 1.82) is 0 Å². The van der Waals surface area contributed by atoms with E-state index >= 15 is 0 Å². The first-order valence-corrected chi connectivity index (χ1v) is 7.23. The highest BCUT2D eigenvalue weighted by Gasteiger charge is 2.33. The van der Waals surface area contributed by atoms with Gasteiger partial charge in [0.2, 0.25) is 0 Å². The quantitative estimate of drug-likeness (QED) is 0.882. The minimum absolute atomic E-state index is 0.454. The van der Waals surface area contributed by atoms with E-state index in [2.05, 4.69) is 37.5 Å². The molecule has 0 radical (unpaired) electrons. The Bertz CT molecular complexity index is 429. The van der Waals surface area contributed by atoms with Gasteiger partial charge in [-0.25, -0.2) is 0 Å². The number of hydrogen-bond acceptors (Lipinski definition) is 2. The standard InChI is InChI=1S/C16H23NO/c1-11-5-3-7-13(11)15(17-2)14-8-4-6-12-9-10-18-16(12)14/h4,6,8,11,13,15,17H,3,5,7,9-10H2,1-2H3. The van der Waals surface area contributed by atoms with Crippen LogP contribution in [0.25, 0.3) is 0 Å². The van der Waals surface area contributed by atoms with Gasteiger partial charge in [-0.1, -0.05) is 38.0 Å². The Hall–Kier alpha value is -1.02. The van der Waals surface area contributed by atoms with Crippen molar-refractivity contribution >= 4 is 0 Å². The highest BCUT2D eigenvalue weighted by atomic mass is 16.5. The first-order valence-electron chi connectivity index (χ1n) is 7.23. The van der Waals surface area contributed by atoms with E-state index in [9.17, 15) is 0 Å². The molecule has 0 aromatic heterocycles. The maximum Gasteiger partial charge on any atom is 0.127 e. The third-order valence-electron chi connectivity index (χ3n) is 4.75. The summed E-state index contributed by atoms with van der Waals surface area (Å²) in [5.41, 5.74) is 2.77. The topological polar surface area (TPSA) is 21.3 Å². The zero-order chi connectivity index (χ0) is 12.5. The number of rotatable bonds is 3. The molecule has 98 valence electrons. The lowest BCUT2D eigenvalue weighted by Gasteiger charge is -2.28.